The molecular weight excluding hydrogens is 258 g/mol. The van der Waals surface area contributed by atoms with Crippen molar-refractivity contribution in [2.75, 3.05) is 13.7 Å². The first kappa shape index (κ1) is 14.7. The highest BCUT2D eigenvalue weighted by atomic mass is 16.5. The van der Waals surface area contributed by atoms with Gasteiger partial charge in [-0.25, -0.2) is 0 Å². The van der Waals surface area contributed by atoms with E-state index in [1.54, 1.807) is 7.11 Å². The molecule has 0 bridgehead atoms. The van der Waals surface area contributed by atoms with Crippen LogP contribution >= 0.6 is 0 Å². The van der Waals surface area contributed by atoms with Crippen molar-refractivity contribution in [1.29, 1.82) is 0 Å². The van der Waals surface area contributed by atoms with E-state index < -0.39 is 12.0 Å². The molecule has 5 nitrogen and oxygen atoms in total. The zero-order valence-electron chi connectivity index (χ0n) is 12.1. The fourth-order valence-electron chi connectivity index (χ4n) is 2.44. The first-order valence-corrected chi connectivity index (χ1v) is 6.82. The van der Waals surface area contributed by atoms with E-state index in [0.29, 0.717) is 6.61 Å². The maximum absolute atomic E-state index is 11.3. The van der Waals surface area contributed by atoms with E-state index >= 15 is 0 Å². The lowest BCUT2D eigenvalue weighted by atomic mass is 9.96. The molecule has 0 radical (unpaired) electrons. The highest BCUT2D eigenvalue weighted by molar-refractivity contribution is 5.73. The summed E-state index contributed by atoms with van der Waals surface area (Å²) in [5.74, 6) is 0.736. The number of carboxylic acid groups (broad SMARTS) is 1. The maximum atomic E-state index is 11.3. The summed E-state index contributed by atoms with van der Waals surface area (Å²) in [6.45, 7) is 4.39. The Hall–Kier alpha value is -1.75. The number of benzene rings is 1. The molecule has 2 unspecified atom stereocenters. The first-order chi connectivity index (χ1) is 9.52. The number of ether oxygens (including phenoxy) is 2. The molecule has 2 rings (SSSR count). The predicted octanol–water partition coefficient (Wildman–Crippen LogP) is 2.22. The van der Waals surface area contributed by atoms with Gasteiger partial charge in [0.25, 0.3) is 0 Å². The number of hydrogen-bond donors (Lipinski definition) is 2. The Morgan fingerprint density at radius 2 is 2.25 bits per heavy atom. The molecule has 1 heterocycles. The van der Waals surface area contributed by atoms with Crippen molar-refractivity contribution in [1.82, 2.24) is 5.32 Å². The second-order valence-electron chi connectivity index (χ2n) is 5.32. The number of hydrogen-bond acceptors (Lipinski definition) is 4. The van der Waals surface area contributed by atoms with Gasteiger partial charge in [0.05, 0.1) is 13.7 Å². The molecule has 0 fully saturated rings. The minimum atomic E-state index is -0.823. The van der Waals surface area contributed by atoms with Gasteiger partial charge in [-0.1, -0.05) is 13.8 Å². The fourth-order valence-corrected chi connectivity index (χ4v) is 2.44. The van der Waals surface area contributed by atoms with Gasteiger partial charge in [0.1, 0.15) is 17.5 Å². The summed E-state index contributed by atoms with van der Waals surface area (Å²) < 4.78 is 10.8. The van der Waals surface area contributed by atoms with Gasteiger partial charge >= 0.3 is 5.97 Å². The smallest absolute Gasteiger partial charge is 0.320 e. The zero-order chi connectivity index (χ0) is 14.7. The maximum Gasteiger partial charge on any atom is 0.320 e. The summed E-state index contributed by atoms with van der Waals surface area (Å²) in [6.07, 6.45) is 0.747. The van der Waals surface area contributed by atoms with Crippen LogP contribution in [-0.2, 0) is 4.79 Å². The molecule has 0 aromatic heterocycles. The zero-order valence-corrected chi connectivity index (χ0v) is 12.1. The van der Waals surface area contributed by atoms with Crippen LogP contribution in [0.3, 0.4) is 0 Å². The molecule has 0 saturated heterocycles. The molecule has 20 heavy (non-hydrogen) atoms. The Bertz CT molecular complexity index is 487. The lowest BCUT2D eigenvalue weighted by Crippen LogP contribution is -2.44. The van der Waals surface area contributed by atoms with Crippen molar-refractivity contribution in [3.8, 4) is 11.5 Å². The summed E-state index contributed by atoms with van der Waals surface area (Å²) >= 11 is 0. The molecule has 5 heteroatoms. The number of carboxylic acids is 1. The molecule has 1 aliphatic rings. The number of rotatable bonds is 5. The minimum Gasteiger partial charge on any atom is -0.497 e. The van der Waals surface area contributed by atoms with Crippen molar-refractivity contribution in [2.45, 2.75) is 32.4 Å². The molecule has 0 spiro atoms. The molecule has 1 aliphatic heterocycles. The van der Waals surface area contributed by atoms with Crippen LogP contribution in [0.2, 0.25) is 0 Å². The van der Waals surface area contributed by atoms with Crippen molar-refractivity contribution in [2.24, 2.45) is 5.92 Å². The van der Waals surface area contributed by atoms with Gasteiger partial charge in [-0.2, -0.15) is 0 Å². The molecule has 0 saturated carbocycles. The molecule has 1 aromatic carbocycles. The number of methoxy groups -OCH3 is 1. The van der Waals surface area contributed by atoms with Gasteiger partial charge in [-0.05, 0) is 24.1 Å². The third-order valence-corrected chi connectivity index (χ3v) is 3.57. The number of fused-ring (bicyclic) bond motifs is 1. The lowest BCUT2D eigenvalue weighted by Gasteiger charge is -2.30. The summed E-state index contributed by atoms with van der Waals surface area (Å²) in [5.41, 5.74) is 0.961. The van der Waals surface area contributed by atoms with Gasteiger partial charge in [0, 0.05) is 18.0 Å². The summed E-state index contributed by atoms with van der Waals surface area (Å²) in [6, 6.07) is 5.02. The standard InChI is InChI=1S/C15H21NO4/c1-9(2)14(15(17)18)16-12-6-7-20-13-5-4-10(19-3)8-11(12)13/h4-5,8-9,12,14,16H,6-7H2,1-3H3,(H,17,18). The largest absolute Gasteiger partial charge is 0.497 e. The number of aliphatic carboxylic acids is 1. The Morgan fingerprint density at radius 3 is 2.85 bits per heavy atom. The molecule has 110 valence electrons. The Labute approximate surface area is 118 Å². The molecule has 0 aliphatic carbocycles. The van der Waals surface area contributed by atoms with E-state index in [2.05, 4.69) is 5.32 Å². The average Bonchev–Trinajstić information content (AvgIpc) is 2.43. The van der Waals surface area contributed by atoms with E-state index in [1.807, 2.05) is 32.0 Å². The van der Waals surface area contributed by atoms with E-state index in [4.69, 9.17) is 9.47 Å². The van der Waals surface area contributed by atoms with Crippen LogP contribution in [0.5, 0.6) is 11.5 Å². The van der Waals surface area contributed by atoms with E-state index in [9.17, 15) is 9.90 Å². The van der Waals surface area contributed by atoms with Crippen molar-refractivity contribution >= 4 is 5.97 Å². The quantitative estimate of drug-likeness (QED) is 0.865. The fraction of sp³-hybridized carbons (Fsp3) is 0.533. The minimum absolute atomic E-state index is 0.0180. The number of carbonyl (C=O) groups is 1. The third kappa shape index (κ3) is 3.04. The molecule has 2 N–H and O–H groups in total. The summed E-state index contributed by atoms with van der Waals surface area (Å²) in [4.78, 5) is 11.3. The van der Waals surface area contributed by atoms with Crippen LogP contribution in [0.25, 0.3) is 0 Å². The Morgan fingerprint density at radius 1 is 1.50 bits per heavy atom. The van der Waals surface area contributed by atoms with Gasteiger partial charge in [0.15, 0.2) is 0 Å². The van der Waals surface area contributed by atoms with Crippen LogP contribution < -0.4 is 14.8 Å². The first-order valence-electron chi connectivity index (χ1n) is 6.82. The second kappa shape index (κ2) is 6.13. The van der Waals surface area contributed by atoms with Gasteiger partial charge < -0.3 is 14.6 Å². The monoisotopic (exact) mass is 279 g/mol. The van der Waals surface area contributed by atoms with Crippen LogP contribution in [0, 0.1) is 5.92 Å². The Balaban J connectivity index is 2.25. The molecular formula is C15H21NO4. The lowest BCUT2D eigenvalue weighted by molar-refractivity contribution is -0.141. The molecule has 1 aromatic rings. The van der Waals surface area contributed by atoms with Crippen molar-refractivity contribution in [3.63, 3.8) is 0 Å². The summed E-state index contributed by atoms with van der Waals surface area (Å²) in [5, 5.41) is 12.5. The molecule has 0 amide bonds. The predicted molar refractivity (Wildman–Crippen MR) is 75.2 cm³/mol. The van der Waals surface area contributed by atoms with Crippen LogP contribution in [-0.4, -0.2) is 30.8 Å². The second-order valence-corrected chi connectivity index (χ2v) is 5.32. The molecule has 2 atom stereocenters. The number of nitrogens with one attached hydrogen (secondary N) is 1. The van der Waals surface area contributed by atoms with Crippen molar-refractivity contribution < 1.29 is 19.4 Å². The average molecular weight is 279 g/mol. The van der Waals surface area contributed by atoms with Gasteiger partial charge in [0.2, 0.25) is 0 Å². The van der Waals surface area contributed by atoms with Crippen LogP contribution in [0.15, 0.2) is 18.2 Å². The van der Waals surface area contributed by atoms with Crippen LogP contribution in [0.4, 0.5) is 0 Å². The normalized spacial score (nSPS) is 19.1. The highest BCUT2D eigenvalue weighted by Gasteiger charge is 2.29. The third-order valence-electron chi connectivity index (χ3n) is 3.57. The van der Waals surface area contributed by atoms with E-state index in [0.717, 1.165) is 23.5 Å². The van der Waals surface area contributed by atoms with Gasteiger partial charge in [-0.3, -0.25) is 10.1 Å². The topological polar surface area (TPSA) is 67.8 Å². The Kier molecular flexibility index (Phi) is 4.49. The van der Waals surface area contributed by atoms with E-state index in [1.165, 1.54) is 0 Å². The van der Waals surface area contributed by atoms with E-state index in [-0.39, 0.29) is 12.0 Å². The SMILES string of the molecule is COc1ccc2c(c1)C(NC(C(=O)O)C(C)C)CCO2. The van der Waals surface area contributed by atoms with Crippen molar-refractivity contribution in [3.05, 3.63) is 23.8 Å². The summed E-state index contributed by atoms with van der Waals surface area (Å²) in [7, 11) is 1.61. The van der Waals surface area contributed by atoms with Crippen LogP contribution in [0.1, 0.15) is 31.9 Å². The highest BCUT2D eigenvalue weighted by Crippen LogP contribution is 2.35. The van der Waals surface area contributed by atoms with Gasteiger partial charge in [-0.15, -0.1) is 0 Å².